The van der Waals surface area contributed by atoms with Gasteiger partial charge in [-0.05, 0) is 63.1 Å². The quantitative estimate of drug-likeness (QED) is 0.381. The van der Waals surface area contributed by atoms with E-state index in [9.17, 15) is 9.59 Å². The van der Waals surface area contributed by atoms with Gasteiger partial charge in [0.05, 0.1) is 35.7 Å². The van der Waals surface area contributed by atoms with Crippen molar-refractivity contribution in [2.24, 2.45) is 0 Å². The molecule has 0 bridgehead atoms. The molecule has 7 heteroatoms. The van der Waals surface area contributed by atoms with Crippen molar-refractivity contribution in [2.75, 3.05) is 13.2 Å². The average Bonchev–Trinajstić information content (AvgIpc) is 2.79. The lowest BCUT2D eigenvalue weighted by molar-refractivity contribution is 0.0525. The van der Waals surface area contributed by atoms with Crippen molar-refractivity contribution in [2.45, 2.75) is 34.3 Å². The van der Waals surface area contributed by atoms with E-state index < -0.39 is 11.9 Å². The van der Waals surface area contributed by atoms with Gasteiger partial charge in [-0.3, -0.25) is 4.98 Å². The molecule has 3 aromatic rings. The third kappa shape index (κ3) is 5.71. The molecule has 0 saturated heterocycles. The Labute approximate surface area is 198 Å². The number of rotatable bonds is 8. The molecule has 172 valence electrons. The van der Waals surface area contributed by atoms with Crippen LogP contribution in [0.4, 0.5) is 0 Å². The molecule has 0 atom stereocenters. The summed E-state index contributed by atoms with van der Waals surface area (Å²) < 4.78 is 16.4. The highest BCUT2D eigenvalue weighted by molar-refractivity contribution is 6.30. The van der Waals surface area contributed by atoms with Crippen molar-refractivity contribution >= 4 is 23.5 Å². The molecular weight excluding hydrogens is 442 g/mol. The number of carbonyl (C=O) groups is 2. The molecule has 1 heterocycles. The first-order valence-electron chi connectivity index (χ1n) is 10.7. The van der Waals surface area contributed by atoms with Crippen LogP contribution >= 0.6 is 11.6 Å². The van der Waals surface area contributed by atoms with Crippen LogP contribution in [-0.2, 0) is 16.1 Å². The van der Waals surface area contributed by atoms with Crippen molar-refractivity contribution in [1.82, 2.24) is 4.98 Å². The van der Waals surface area contributed by atoms with E-state index in [1.54, 1.807) is 52.0 Å². The molecule has 0 aliphatic heterocycles. The Balaban J connectivity index is 2.01. The maximum absolute atomic E-state index is 12.8. The van der Waals surface area contributed by atoms with Gasteiger partial charge in [0.2, 0.25) is 0 Å². The normalized spacial score (nSPS) is 10.6. The third-order valence-electron chi connectivity index (χ3n) is 4.98. The molecule has 0 amide bonds. The Kier molecular flexibility index (Phi) is 8.06. The molecular formula is C26H26ClNO5. The second kappa shape index (κ2) is 11.0. The minimum Gasteiger partial charge on any atom is -0.489 e. The molecule has 0 radical (unpaired) electrons. The summed E-state index contributed by atoms with van der Waals surface area (Å²) in [6.45, 7) is 7.70. The van der Waals surface area contributed by atoms with Gasteiger partial charge < -0.3 is 14.2 Å². The molecule has 33 heavy (non-hydrogen) atoms. The smallest absolute Gasteiger partial charge is 0.340 e. The van der Waals surface area contributed by atoms with E-state index in [0.29, 0.717) is 39.9 Å². The summed E-state index contributed by atoms with van der Waals surface area (Å²) in [6.07, 6.45) is 0. The molecule has 2 aromatic carbocycles. The molecule has 0 saturated carbocycles. The first-order valence-corrected chi connectivity index (χ1v) is 11.1. The molecule has 0 aliphatic carbocycles. The van der Waals surface area contributed by atoms with Crippen LogP contribution in [0.5, 0.6) is 5.75 Å². The van der Waals surface area contributed by atoms with Crippen LogP contribution in [-0.4, -0.2) is 30.1 Å². The number of carbonyl (C=O) groups excluding carboxylic acids is 2. The fraction of sp³-hybridized carbons (Fsp3) is 0.269. The van der Waals surface area contributed by atoms with Crippen LogP contribution in [0.3, 0.4) is 0 Å². The zero-order valence-corrected chi connectivity index (χ0v) is 19.9. The molecule has 1 aromatic heterocycles. The van der Waals surface area contributed by atoms with E-state index in [4.69, 9.17) is 25.8 Å². The molecule has 3 rings (SSSR count). The monoisotopic (exact) mass is 467 g/mol. The number of benzene rings is 2. The van der Waals surface area contributed by atoms with Crippen LogP contribution in [0.1, 0.15) is 51.5 Å². The number of aryl methyl sites for hydroxylation is 2. The van der Waals surface area contributed by atoms with Crippen molar-refractivity contribution in [3.8, 4) is 16.9 Å². The van der Waals surface area contributed by atoms with Crippen LogP contribution in [0.2, 0.25) is 5.02 Å². The maximum Gasteiger partial charge on any atom is 0.340 e. The molecule has 0 N–H and O–H groups in total. The van der Waals surface area contributed by atoms with Crippen molar-refractivity contribution in [3.05, 3.63) is 81.6 Å². The van der Waals surface area contributed by atoms with Crippen LogP contribution in [0.15, 0.2) is 48.5 Å². The highest BCUT2D eigenvalue weighted by atomic mass is 35.5. The number of aromatic nitrogens is 1. The van der Waals surface area contributed by atoms with E-state index in [1.807, 2.05) is 24.3 Å². The lowest BCUT2D eigenvalue weighted by atomic mass is 9.92. The van der Waals surface area contributed by atoms with Gasteiger partial charge in [0, 0.05) is 10.6 Å². The number of hydrogen-bond acceptors (Lipinski definition) is 6. The summed E-state index contributed by atoms with van der Waals surface area (Å²) >= 11 is 5.93. The summed E-state index contributed by atoms with van der Waals surface area (Å²) in [6, 6.07) is 14.6. The molecule has 6 nitrogen and oxygen atoms in total. The predicted molar refractivity (Wildman–Crippen MR) is 127 cm³/mol. The van der Waals surface area contributed by atoms with Gasteiger partial charge in [-0.15, -0.1) is 0 Å². The van der Waals surface area contributed by atoms with Crippen LogP contribution in [0.25, 0.3) is 11.1 Å². The van der Waals surface area contributed by atoms with Crippen LogP contribution in [0, 0.1) is 13.8 Å². The van der Waals surface area contributed by atoms with Gasteiger partial charge >= 0.3 is 11.9 Å². The van der Waals surface area contributed by atoms with Gasteiger partial charge in [-0.1, -0.05) is 35.9 Å². The third-order valence-corrected chi connectivity index (χ3v) is 5.23. The number of pyridine rings is 1. The Hall–Kier alpha value is -3.38. The first-order chi connectivity index (χ1) is 15.8. The number of ether oxygens (including phenoxy) is 3. The lowest BCUT2D eigenvalue weighted by Crippen LogP contribution is -2.17. The van der Waals surface area contributed by atoms with Gasteiger partial charge in [-0.2, -0.15) is 0 Å². The topological polar surface area (TPSA) is 74.7 Å². The Morgan fingerprint density at radius 3 is 1.82 bits per heavy atom. The first kappa shape index (κ1) is 24.3. The van der Waals surface area contributed by atoms with Gasteiger partial charge in [0.1, 0.15) is 12.4 Å². The summed E-state index contributed by atoms with van der Waals surface area (Å²) in [4.78, 5) is 30.0. The second-order valence-corrected chi connectivity index (χ2v) is 7.72. The summed E-state index contributed by atoms with van der Waals surface area (Å²) in [7, 11) is 0. The molecule has 0 unspecified atom stereocenters. The summed E-state index contributed by atoms with van der Waals surface area (Å²) in [5, 5.41) is 0.667. The van der Waals surface area contributed by atoms with Gasteiger partial charge in [-0.25, -0.2) is 9.59 Å². The van der Waals surface area contributed by atoms with Crippen molar-refractivity contribution in [1.29, 1.82) is 0 Å². The number of halogens is 1. The Bertz CT molecular complexity index is 1100. The molecule has 0 fully saturated rings. The van der Waals surface area contributed by atoms with E-state index in [1.165, 1.54) is 0 Å². The SMILES string of the molecule is CCOC(=O)c1c(C)nc(C)c(C(=O)OCC)c1-c1ccc(OCc2ccc(Cl)cc2)cc1. The minimum atomic E-state index is -0.536. The largest absolute Gasteiger partial charge is 0.489 e. The molecule has 0 aliphatic rings. The summed E-state index contributed by atoms with van der Waals surface area (Å²) in [5.41, 5.74) is 3.56. The van der Waals surface area contributed by atoms with Crippen LogP contribution < -0.4 is 4.74 Å². The number of nitrogens with zero attached hydrogens (tertiary/aromatic N) is 1. The standard InChI is InChI=1S/C26H26ClNO5/c1-5-31-25(29)22-16(3)28-17(4)23(26(30)32-6-2)24(22)19-9-13-21(14-10-19)33-15-18-7-11-20(27)12-8-18/h7-14H,5-6,15H2,1-4H3. The zero-order valence-electron chi connectivity index (χ0n) is 19.1. The highest BCUT2D eigenvalue weighted by Crippen LogP contribution is 2.33. The van der Waals surface area contributed by atoms with E-state index in [0.717, 1.165) is 5.56 Å². The Morgan fingerprint density at radius 2 is 1.33 bits per heavy atom. The van der Waals surface area contributed by atoms with Gasteiger partial charge in [0.15, 0.2) is 0 Å². The number of esters is 2. The Morgan fingerprint density at radius 1 is 0.818 bits per heavy atom. The van der Waals surface area contributed by atoms with Crippen molar-refractivity contribution < 1.29 is 23.8 Å². The van der Waals surface area contributed by atoms with E-state index >= 15 is 0 Å². The van der Waals surface area contributed by atoms with E-state index in [2.05, 4.69) is 4.98 Å². The van der Waals surface area contributed by atoms with Gasteiger partial charge in [0.25, 0.3) is 0 Å². The second-order valence-electron chi connectivity index (χ2n) is 7.29. The van der Waals surface area contributed by atoms with Crippen molar-refractivity contribution in [3.63, 3.8) is 0 Å². The average molecular weight is 468 g/mol. The fourth-order valence-corrected chi connectivity index (χ4v) is 3.64. The highest BCUT2D eigenvalue weighted by Gasteiger charge is 2.27. The predicted octanol–water partition coefficient (Wildman–Crippen LogP) is 5.95. The van der Waals surface area contributed by atoms with E-state index in [-0.39, 0.29) is 24.3 Å². The zero-order chi connectivity index (χ0) is 24.0. The number of hydrogen-bond donors (Lipinski definition) is 0. The summed E-state index contributed by atoms with van der Waals surface area (Å²) in [5.74, 6) is -0.427. The lowest BCUT2D eigenvalue weighted by Gasteiger charge is -2.18. The fourth-order valence-electron chi connectivity index (χ4n) is 3.51. The molecule has 0 spiro atoms. The minimum absolute atomic E-state index is 0.206. The maximum atomic E-state index is 12.8.